The predicted octanol–water partition coefficient (Wildman–Crippen LogP) is 5.53. The first-order valence-electron chi connectivity index (χ1n) is 9.83. The molecule has 158 valence electrons. The third-order valence-electron chi connectivity index (χ3n) is 5.40. The second kappa shape index (κ2) is 8.15. The molecule has 31 heavy (non-hydrogen) atoms. The number of fused-ring (bicyclic) bond motifs is 1. The first-order valence-corrected chi connectivity index (χ1v) is 11.4. The standard InChI is InChI=1S/C22H18Cl2N4O2S/c1-13-18(19(26-30-13)14-5-2-3-6-15(14)23)21(29)27-9-11-28(12-10-27)22-25-20-16(24)7-4-8-17(20)31-22/h2-8H,9-12H2,1H3. The summed E-state index contributed by atoms with van der Waals surface area (Å²) in [4.78, 5) is 22.1. The van der Waals surface area contributed by atoms with Crippen LogP contribution in [0.4, 0.5) is 5.13 Å². The third-order valence-corrected chi connectivity index (χ3v) is 7.12. The quantitative estimate of drug-likeness (QED) is 0.392. The van der Waals surface area contributed by atoms with Crippen molar-refractivity contribution < 1.29 is 9.32 Å². The van der Waals surface area contributed by atoms with E-state index in [9.17, 15) is 4.79 Å². The Balaban J connectivity index is 1.35. The van der Waals surface area contributed by atoms with E-state index in [-0.39, 0.29) is 5.91 Å². The average molecular weight is 473 g/mol. The summed E-state index contributed by atoms with van der Waals surface area (Å²) in [5.41, 5.74) is 2.46. The highest BCUT2D eigenvalue weighted by Gasteiger charge is 2.30. The number of hydrogen-bond donors (Lipinski definition) is 0. The minimum Gasteiger partial charge on any atom is -0.360 e. The number of para-hydroxylation sites is 1. The number of nitrogens with zero attached hydrogens (tertiary/aromatic N) is 4. The molecule has 9 heteroatoms. The zero-order valence-corrected chi connectivity index (χ0v) is 19.0. The van der Waals surface area contributed by atoms with Crippen LogP contribution in [0.15, 0.2) is 47.0 Å². The molecule has 0 saturated carbocycles. The number of rotatable bonds is 3. The molecular weight excluding hydrogens is 455 g/mol. The molecule has 3 heterocycles. The van der Waals surface area contributed by atoms with Gasteiger partial charge in [0.1, 0.15) is 22.5 Å². The first kappa shape index (κ1) is 20.3. The van der Waals surface area contributed by atoms with Crippen molar-refractivity contribution in [2.45, 2.75) is 6.92 Å². The molecule has 1 amide bonds. The maximum Gasteiger partial charge on any atom is 0.259 e. The summed E-state index contributed by atoms with van der Waals surface area (Å²) in [5.74, 6) is 0.392. The monoisotopic (exact) mass is 472 g/mol. The minimum atomic E-state index is -0.0966. The second-order valence-electron chi connectivity index (χ2n) is 7.30. The van der Waals surface area contributed by atoms with Gasteiger partial charge in [0.25, 0.3) is 5.91 Å². The Labute approximate surface area is 193 Å². The maximum atomic E-state index is 13.3. The Kier molecular flexibility index (Phi) is 5.33. The van der Waals surface area contributed by atoms with Gasteiger partial charge < -0.3 is 14.3 Å². The molecule has 0 spiro atoms. The van der Waals surface area contributed by atoms with E-state index in [2.05, 4.69) is 10.1 Å². The van der Waals surface area contributed by atoms with Gasteiger partial charge in [0.2, 0.25) is 0 Å². The van der Waals surface area contributed by atoms with Gasteiger partial charge in [0, 0.05) is 31.7 Å². The van der Waals surface area contributed by atoms with Gasteiger partial charge in [-0.25, -0.2) is 4.98 Å². The number of halogens is 2. The van der Waals surface area contributed by atoms with Crippen molar-refractivity contribution >= 4 is 55.8 Å². The number of piperazine rings is 1. The van der Waals surface area contributed by atoms with E-state index in [0.29, 0.717) is 58.8 Å². The number of hydrogen-bond acceptors (Lipinski definition) is 6. The molecule has 2 aromatic heterocycles. The normalized spacial score (nSPS) is 14.4. The van der Waals surface area contributed by atoms with Crippen LogP contribution in [0.2, 0.25) is 10.0 Å². The highest BCUT2D eigenvalue weighted by molar-refractivity contribution is 7.22. The van der Waals surface area contributed by atoms with E-state index in [1.165, 1.54) is 0 Å². The molecule has 1 aliphatic rings. The molecule has 0 radical (unpaired) electrons. The number of aromatic nitrogens is 2. The van der Waals surface area contributed by atoms with Gasteiger partial charge in [-0.1, -0.05) is 64.0 Å². The molecule has 4 aromatic rings. The zero-order chi connectivity index (χ0) is 21.5. The number of carbonyl (C=O) groups excluding carboxylic acids is 1. The Morgan fingerprint density at radius 3 is 2.52 bits per heavy atom. The van der Waals surface area contributed by atoms with Crippen molar-refractivity contribution in [3.8, 4) is 11.3 Å². The lowest BCUT2D eigenvalue weighted by Gasteiger charge is -2.34. The second-order valence-corrected chi connectivity index (χ2v) is 9.13. The largest absolute Gasteiger partial charge is 0.360 e. The summed E-state index contributed by atoms with van der Waals surface area (Å²) >= 11 is 14.2. The smallest absolute Gasteiger partial charge is 0.259 e. The van der Waals surface area contributed by atoms with E-state index >= 15 is 0 Å². The van der Waals surface area contributed by atoms with Gasteiger partial charge in [-0.05, 0) is 25.1 Å². The third kappa shape index (κ3) is 3.67. The van der Waals surface area contributed by atoms with E-state index in [1.807, 2.05) is 41.3 Å². The lowest BCUT2D eigenvalue weighted by molar-refractivity contribution is 0.0745. The number of thiazole rings is 1. The van der Waals surface area contributed by atoms with Crippen LogP contribution in [0, 0.1) is 6.92 Å². The van der Waals surface area contributed by atoms with E-state index in [1.54, 1.807) is 24.3 Å². The lowest BCUT2D eigenvalue weighted by atomic mass is 10.0. The summed E-state index contributed by atoms with van der Waals surface area (Å²) in [7, 11) is 0. The van der Waals surface area contributed by atoms with E-state index < -0.39 is 0 Å². The van der Waals surface area contributed by atoms with Crippen LogP contribution >= 0.6 is 34.5 Å². The van der Waals surface area contributed by atoms with Crippen molar-refractivity contribution in [2.75, 3.05) is 31.1 Å². The summed E-state index contributed by atoms with van der Waals surface area (Å²) in [5, 5.41) is 6.23. The summed E-state index contributed by atoms with van der Waals surface area (Å²) < 4.78 is 6.43. The van der Waals surface area contributed by atoms with Gasteiger partial charge >= 0.3 is 0 Å². The Morgan fingerprint density at radius 1 is 1.03 bits per heavy atom. The van der Waals surface area contributed by atoms with Crippen LogP contribution in [0.1, 0.15) is 16.1 Å². The van der Waals surface area contributed by atoms with E-state index in [0.717, 1.165) is 15.3 Å². The summed E-state index contributed by atoms with van der Waals surface area (Å²) in [6, 6.07) is 13.1. The molecular formula is C22H18Cl2N4O2S. The molecule has 5 rings (SSSR count). The van der Waals surface area contributed by atoms with Gasteiger partial charge in [-0.15, -0.1) is 0 Å². The van der Waals surface area contributed by atoms with Crippen LogP contribution in [-0.4, -0.2) is 47.1 Å². The zero-order valence-electron chi connectivity index (χ0n) is 16.6. The molecule has 0 atom stereocenters. The van der Waals surface area contributed by atoms with Crippen molar-refractivity contribution in [3.05, 3.63) is 63.8 Å². The first-order chi connectivity index (χ1) is 15.0. The molecule has 1 fully saturated rings. The van der Waals surface area contributed by atoms with Crippen LogP contribution in [0.5, 0.6) is 0 Å². The van der Waals surface area contributed by atoms with Crippen LogP contribution in [0.3, 0.4) is 0 Å². The molecule has 0 bridgehead atoms. The highest BCUT2D eigenvalue weighted by Crippen LogP contribution is 2.34. The molecule has 1 aliphatic heterocycles. The van der Waals surface area contributed by atoms with Crippen molar-refractivity contribution in [1.82, 2.24) is 15.0 Å². The maximum absolute atomic E-state index is 13.3. The minimum absolute atomic E-state index is 0.0966. The van der Waals surface area contributed by atoms with Crippen molar-refractivity contribution in [3.63, 3.8) is 0 Å². The van der Waals surface area contributed by atoms with Crippen LogP contribution in [-0.2, 0) is 0 Å². The molecule has 0 N–H and O–H groups in total. The molecule has 2 aromatic carbocycles. The Bertz CT molecular complexity index is 1280. The number of aryl methyl sites for hydroxylation is 1. The Hall–Kier alpha value is -2.61. The molecule has 1 saturated heterocycles. The predicted molar refractivity (Wildman–Crippen MR) is 124 cm³/mol. The van der Waals surface area contributed by atoms with Crippen molar-refractivity contribution in [2.24, 2.45) is 0 Å². The fourth-order valence-electron chi connectivity index (χ4n) is 3.76. The molecule has 6 nitrogen and oxygen atoms in total. The fourth-order valence-corrected chi connectivity index (χ4v) is 5.30. The fraction of sp³-hybridized carbons (Fsp3) is 0.227. The van der Waals surface area contributed by atoms with Crippen molar-refractivity contribution in [1.29, 1.82) is 0 Å². The number of amides is 1. The van der Waals surface area contributed by atoms with Gasteiger partial charge in [-0.3, -0.25) is 4.79 Å². The van der Waals surface area contributed by atoms with Crippen LogP contribution < -0.4 is 4.90 Å². The number of anilines is 1. The Morgan fingerprint density at radius 2 is 1.77 bits per heavy atom. The number of benzene rings is 2. The summed E-state index contributed by atoms with van der Waals surface area (Å²) in [6.45, 7) is 4.29. The topological polar surface area (TPSA) is 62.5 Å². The molecule has 0 aliphatic carbocycles. The number of carbonyl (C=O) groups is 1. The van der Waals surface area contributed by atoms with Gasteiger partial charge in [0.15, 0.2) is 5.13 Å². The van der Waals surface area contributed by atoms with Crippen LogP contribution in [0.25, 0.3) is 21.5 Å². The molecule has 0 unspecified atom stereocenters. The van der Waals surface area contributed by atoms with E-state index in [4.69, 9.17) is 32.7 Å². The van der Waals surface area contributed by atoms with Gasteiger partial charge in [-0.2, -0.15) is 0 Å². The lowest BCUT2D eigenvalue weighted by Crippen LogP contribution is -2.49. The highest BCUT2D eigenvalue weighted by atomic mass is 35.5. The van der Waals surface area contributed by atoms with Gasteiger partial charge in [0.05, 0.1) is 14.7 Å². The summed E-state index contributed by atoms with van der Waals surface area (Å²) in [6.07, 6.45) is 0. The average Bonchev–Trinajstić information content (AvgIpc) is 3.38. The SMILES string of the molecule is Cc1onc(-c2ccccc2Cl)c1C(=O)N1CCN(c2nc3c(Cl)cccc3s2)CC1.